The summed E-state index contributed by atoms with van der Waals surface area (Å²) in [5.41, 5.74) is 0. The summed E-state index contributed by atoms with van der Waals surface area (Å²) >= 11 is 0. The van der Waals surface area contributed by atoms with Crippen LogP contribution in [0.15, 0.2) is 0 Å². The van der Waals surface area contributed by atoms with Crippen molar-refractivity contribution >= 4 is 11.9 Å². The second-order valence-electron chi connectivity index (χ2n) is 3.97. The van der Waals surface area contributed by atoms with Crippen LogP contribution in [0, 0.1) is 5.92 Å². The quantitative estimate of drug-likeness (QED) is 0.656. The van der Waals surface area contributed by atoms with Gasteiger partial charge >= 0.3 is 11.9 Å². The zero-order chi connectivity index (χ0) is 10.6. The maximum Gasteiger partial charge on any atom is 0.394 e. The monoisotopic (exact) mass is 199 g/mol. The van der Waals surface area contributed by atoms with Gasteiger partial charge in [0, 0.05) is 6.04 Å². The van der Waals surface area contributed by atoms with Gasteiger partial charge in [-0.15, -0.1) is 0 Å². The average molecular weight is 199 g/mol. The van der Waals surface area contributed by atoms with E-state index in [0.717, 1.165) is 12.8 Å². The van der Waals surface area contributed by atoms with E-state index in [2.05, 4.69) is 5.32 Å². The predicted octanol–water partition coefficient (Wildman–Crippen LogP) is 1.16. The van der Waals surface area contributed by atoms with Crippen molar-refractivity contribution in [2.75, 3.05) is 0 Å². The Morgan fingerprint density at radius 1 is 1.29 bits per heavy atom. The molecule has 4 heteroatoms. The third-order valence-electron chi connectivity index (χ3n) is 2.91. The Labute approximate surface area is 83.7 Å². The molecule has 0 aromatic carbocycles. The highest BCUT2D eigenvalue weighted by Crippen LogP contribution is 2.26. The van der Waals surface area contributed by atoms with Crippen molar-refractivity contribution in [3.8, 4) is 0 Å². The molecule has 1 rings (SSSR count). The molecular formula is C10H17NO3. The van der Waals surface area contributed by atoms with Gasteiger partial charge in [-0.05, 0) is 25.7 Å². The van der Waals surface area contributed by atoms with Gasteiger partial charge in [-0.1, -0.05) is 19.3 Å². The van der Waals surface area contributed by atoms with Gasteiger partial charge in [0.2, 0.25) is 0 Å². The number of carboxylic acids is 1. The van der Waals surface area contributed by atoms with Crippen LogP contribution in [-0.4, -0.2) is 23.0 Å². The van der Waals surface area contributed by atoms with Gasteiger partial charge in [-0.2, -0.15) is 0 Å². The molecular weight excluding hydrogens is 182 g/mol. The summed E-state index contributed by atoms with van der Waals surface area (Å²) < 4.78 is 0. The highest BCUT2D eigenvalue weighted by atomic mass is 16.4. The van der Waals surface area contributed by atoms with Crippen molar-refractivity contribution < 1.29 is 14.7 Å². The number of nitrogens with one attached hydrogen (secondary N) is 1. The number of amides is 1. The van der Waals surface area contributed by atoms with Crippen LogP contribution in [0.4, 0.5) is 0 Å². The third kappa shape index (κ3) is 3.01. The summed E-state index contributed by atoms with van der Waals surface area (Å²) in [6.07, 6.45) is 5.84. The Morgan fingerprint density at radius 3 is 2.36 bits per heavy atom. The van der Waals surface area contributed by atoms with Crippen molar-refractivity contribution in [3.63, 3.8) is 0 Å². The Balaban J connectivity index is 2.36. The Morgan fingerprint density at radius 2 is 1.86 bits per heavy atom. The van der Waals surface area contributed by atoms with Crippen LogP contribution in [-0.2, 0) is 9.59 Å². The van der Waals surface area contributed by atoms with Gasteiger partial charge < -0.3 is 10.4 Å². The lowest BCUT2D eigenvalue weighted by atomic mass is 9.84. The Kier molecular flexibility index (Phi) is 3.92. The average Bonchev–Trinajstić information content (AvgIpc) is 2.19. The first kappa shape index (κ1) is 11.0. The van der Waals surface area contributed by atoms with E-state index in [1.54, 1.807) is 0 Å². The first-order valence-electron chi connectivity index (χ1n) is 5.15. The van der Waals surface area contributed by atoms with E-state index in [9.17, 15) is 9.59 Å². The summed E-state index contributed by atoms with van der Waals surface area (Å²) in [6, 6.07) is -0.0149. The molecule has 1 aliphatic rings. The van der Waals surface area contributed by atoms with Gasteiger partial charge in [0.25, 0.3) is 0 Å². The number of carbonyl (C=O) groups is 2. The van der Waals surface area contributed by atoms with Gasteiger partial charge in [0.15, 0.2) is 0 Å². The molecule has 14 heavy (non-hydrogen) atoms. The van der Waals surface area contributed by atoms with Crippen molar-refractivity contribution in [1.29, 1.82) is 0 Å². The maximum atomic E-state index is 10.9. The summed E-state index contributed by atoms with van der Waals surface area (Å²) in [7, 11) is 0. The smallest absolute Gasteiger partial charge is 0.394 e. The fraction of sp³-hybridized carbons (Fsp3) is 0.800. The zero-order valence-electron chi connectivity index (χ0n) is 8.45. The molecule has 0 heterocycles. The normalized spacial score (nSPS) is 20.1. The third-order valence-corrected chi connectivity index (χ3v) is 2.91. The van der Waals surface area contributed by atoms with E-state index in [1.165, 1.54) is 19.3 Å². The SMILES string of the molecule is CC(NC(=O)C(=O)O)C1CCCCC1. The molecule has 1 saturated carbocycles. The highest BCUT2D eigenvalue weighted by molar-refractivity contribution is 6.31. The van der Waals surface area contributed by atoms with E-state index in [-0.39, 0.29) is 6.04 Å². The lowest BCUT2D eigenvalue weighted by Gasteiger charge is -2.27. The Hall–Kier alpha value is -1.06. The number of carbonyl (C=O) groups excluding carboxylic acids is 1. The molecule has 1 fully saturated rings. The predicted molar refractivity (Wildman–Crippen MR) is 51.8 cm³/mol. The molecule has 0 aliphatic heterocycles. The van der Waals surface area contributed by atoms with Crippen LogP contribution in [0.2, 0.25) is 0 Å². The van der Waals surface area contributed by atoms with E-state index in [0.29, 0.717) is 5.92 Å². The molecule has 1 aliphatic carbocycles. The summed E-state index contributed by atoms with van der Waals surface area (Å²) in [5.74, 6) is -1.83. The highest BCUT2D eigenvalue weighted by Gasteiger charge is 2.23. The van der Waals surface area contributed by atoms with Gasteiger partial charge in [0.05, 0.1) is 0 Å². The van der Waals surface area contributed by atoms with Gasteiger partial charge in [0.1, 0.15) is 0 Å². The molecule has 1 amide bonds. The van der Waals surface area contributed by atoms with Gasteiger partial charge in [-0.3, -0.25) is 4.79 Å². The van der Waals surface area contributed by atoms with Crippen LogP contribution in [0.3, 0.4) is 0 Å². The van der Waals surface area contributed by atoms with Crippen LogP contribution >= 0.6 is 0 Å². The number of rotatable bonds is 2. The van der Waals surface area contributed by atoms with Gasteiger partial charge in [-0.25, -0.2) is 4.79 Å². The van der Waals surface area contributed by atoms with Crippen LogP contribution in [0.1, 0.15) is 39.0 Å². The molecule has 0 aromatic rings. The van der Waals surface area contributed by atoms with E-state index < -0.39 is 11.9 Å². The topological polar surface area (TPSA) is 66.4 Å². The lowest BCUT2D eigenvalue weighted by molar-refractivity contribution is -0.150. The van der Waals surface area contributed by atoms with Crippen molar-refractivity contribution in [2.45, 2.75) is 45.1 Å². The summed E-state index contributed by atoms with van der Waals surface area (Å²) in [5, 5.41) is 10.9. The molecule has 4 nitrogen and oxygen atoms in total. The molecule has 0 radical (unpaired) electrons. The second kappa shape index (κ2) is 4.98. The van der Waals surface area contributed by atoms with E-state index >= 15 is 0 Å². The first-order valence-corrected chi connectivity index (χ1v) is 5.15. The molecule has 1 unspecified atom stereocenters. The van der Waals surface area contributed by atoms with Crippen molar-refractivity contribution in [2.24, 2.45) is 5.92 Å². The van der Waals surface area contributed by atoms with Crippen LogP contribution in [0.5, 0.6) is 0 Å². The molecule has 80 valence electrons. The molecule has 0 saturated heterocycles. The minimum Gasteiger partial charge on any atom is -0.474 e. The van der Waals surface area contributed by atoms with E-state index in [4.69, 9.17) is 5.11 Å². The van der Waals surface area contributed by atoms with Crippen molar-refractivity contribution in [1.82, 2.24) is 5.32 Å². The maximum absolute atomic E-state index is 10.9. The number of hydrogen-bond donors (Lipinski definition) is 2. The minimum atomic E-state index is -1.40. The number of hydrogen-bond acceptors (Lipinski definition) is 2. The molecule has 0 spiro atoms. The van der Waals surface area contributed by atoms with Crippen LogP contribution < -0.4 is 5.32 Å². The fourth-order valence-electron chi connectivity index (χ4n) is 2.02. The number of aliphatic carboxylic acids is 1. The standard InChI is InChI=1S/C10H17NO3/c1-7(11-9(12)10(13)14)8-5-3-2-4-6-8/h7-8H,2-6H2,1H3,(H,11,12)(H,13,14). The lowest BCUT2D eigenvalue weighted by Crippen LogP contribution is -2.42. The Bertz CT molecular complexity index is 221. The summed E-state index contributed by atoms with van der Waals surface area (Å²) in [6.45, 7) is 1.89. The second-order valence-corrected chi connectivity index (χ2v) is 3.97. The minimum absolute atomic E-state index is 0.0149. The zero-order valence-corrected chi connectivity index (χ0v) is 8.45. The molecule has 1 atom stereocenters. The van der Waals surface area contributed by atoms with E-state index in [1.807, 2.05) is 6.92 Å². The molecule has 2 N–H and O–H groups in total. The fourth-order valence-corrected chi connectivity index (χ4v) is 2.02. The number of carboxylic acid groups (broad SMARTS) is 1. The molecule has 0 bridgehead atoms. The van der Waals surface area contributed by atoms with Crippen LogP contribution in [0.25, 0.3) is 0 Å². The molecule has 0 aromatic heterocycles. The van der Waals surface area contributed by atoms with Crippen molar-refractivity contribution in [3.05, 3.63) is 0 Å². The largest absolute Gasteiger partial charge is 0.474 e. The summed E-state index contributed by atoms with van der Waals surface area (Å²) in [4.78, 5) is 21.2. The first-order chi connectivity index (χ1) is 6.61.